The number of aromatic nitrogens is 3. The number of urea groups is 1. The molecule has 9 nitrogen and oxygen atoms in total. The molecule has 4 rings (SSSR count). The minimum absolute atomic E-state index is 0.0282. The summed E-state index contributed by atoms with van der Waals surface area (Å²) in [4.78, 5) is 46.0. The maximum absolute atomic E-state index is 13.0. The van der Waals surface area contributed by atoms with Crippen LogP contribution < -0.4 is 21.8 Å². The fraction of sp³-hybridized carbons (Fsp3) is 0.269. The predicted molar refractivity (Wildman–Crippen MR) is 143 cm³/mol. The summed E-state index contributed by atoms with van der Waals surface area (Å²) < 4.78 is 1.84. The van der Waals surface area contributed by atoms with E-state index in [1.165, 1.54) is 17.5 Å². The molecule has 1 aromatic carbocycles. The highest BCUT2D eigenvalue weighted by Gasteiger charge is 2.16. The minimum atomic E-state index is -0.744. The first kappa shape index (κ1) is 25.1. The quantitative estimate of drug-likeness (QED) is 0.334. The Labute approximate surface area is 212 Å². The number of anilines is 1. The van der Waals surface area contributed by atoms with Gasteiger partial charge in [0.05, 0.1) is 11.2 Å². The van der Waals surface area contributed by atoms with Crippen molar-refractivity contribution in [1.82, 2.24) is 19.9 Å². The van der Waals surface area contributed by atoms with Gasteiger partial charge in [-0.3, -0.25) is 14.9 Å². The number of hydrogen-bond donors (Lipinski definition) is 3. The van der Waals surface area contributed by atoms with Crippen LogP contribution in [0, 0.1) is 0 Å². The number of nitrogens with zero attached hydrogens (tertiary/aromatic N) is 3. The Morgan fingerprint density at radius 1 is 1.17 bits per heavy atom. The lowest BCUT2D eigenvalue weighted by Gasteiger charge is -2.13. The van der Waals surface area contributed by atoms with Gasteiger partial charge in [0.1, 0.15) is 16.4 Å². The monoisotopic (exact) mass is 504 g/mol. The summed E-state index contributed by atoms with van der Waals surface area (Å²) in [6.45, 7) is 6.92. The molecule has 10 heteroatoms. The number of amides is 3. The number of aryl methyl sites for hydroxylation is 2. The number of hydrogen-bond acceptors (Lipinski definition) is 6. The highest BCUT2D eigenvalue weighted by atomic mass is 32.1. The molecule has 0 bridgehead atoms. The number of primary amides is 1. The normalized spacial score (nSPS) is 11.0. The Bertz CT molecular complexity index is 1510. The summed E-state index contributed by atoms with van der Waals surface area (Å²) in [6.07, 6.45) is 4.53. The number of carbonyl (C=O) groups excluding carboxylic acids is 2. The molecule has 0 aliphatic carbocycles. The number of thiazole rings is 1. The number of carbonyl (C=O) groups is 2. The van der Waals surface area contributed by atoms with Crippen molar-refractivity contribution in [1.29, 1.82) is 0 Å². The van der Waals surface area contributed by atoms with Crippen LogP contribution >= 0.6 is 11.3 Å². The second-order valence-corrected chi connectivity index (χ2v) is 9.12. The van der Waals surface area contributed by atoms with Crippen molar-refractivity contribution in [3.63, 3.8) is 0 Å². The summed E-state index contributed by atoms with van der Waals surface area (Å²) in [5.41, 5.74) is 9.41. The second-order valence-electron chi connectivity index (χ2n) is 8.26. The molecule has 0 aliphatic rings. The van der Waals surface area contributed by atoms with Gasteiger partial charge in [-0.1, -0.05) is 13.0 Å². The molecule has 3 heterocycles. The van der Waals surface area contributed by atoms with Crippen LogP contribution in [0.4, 0.5) is 10.6 Å². The van der Waals surface area contributed by atoms with Crippen molar-refractivity contribution in [3.05, 3.63) is 74.6 Å². The van der Waals surface area contributed by atoms with E-state index in [0.717, 1.165) is 39.3 Å². The summed E-state index contributed by atoms with van der Waals surface area (Å²) in [5, 5.41) is 8.74. The highest BCUT2D eigenvalue weighted by Crippen LogP contribution is 2.31. The van der Waals surface area contributed by atoms with Crippen molar-refractivity contribution in [2.24, 2.45) is 5.73 Å². The van der Waals surface area contributed by atoms with Gasteiger partial charge >= 0.3 is 6.03 Å². The van der Waals surface area contributed by atoms with Crippen molar-refractivity contribution in [3.8, 4) is 10.6 Å². The van der Waals surface area contributed by atoms with E-state index in [-0.39, 0.29) is 17.0 Å². The number of pyridine rings is 2. The van der Waals surface area contributed by atoms with E-state index in [0.29, 0.717) is 30.7 Å². The third kappa shape index (κ3) is 5.13. The van der Waals surface area contributed by atoms with Crippen molar-refractivity contribution >= 4 is 40.0 Å². The van der Waals surface area contributed by atoms with Gasteiger partial charge in [-0.2, -0.15) is 0 Å². The molecule has 0 saturated carbocycles. The average Bonchev–Trinajstić information content (AvgIpc) is 3.34. The maximum Gasteiger partial charge on any atom is 0.320 e. The van der Waals surface area contributed by atoms with Crippen LogP contribution in [0.5, 0.6) is 0 Å². The van der Waals surface area contributed by atoms with Crippen LogP contribution in [0.2, 0.25) is 0 Å². The maximum atomic E-state index is 13.0. The van der Waals surface area contributed by atoms with Crippen LogP contribution in [-0.2, 0) is 19.4 Å². The molecule has 4 aromatic rings. The van der Waals surface area contributed by atoms with E-state index < -0.39 is 5.91 Å². The number of rotatable bonds is 8. The summed E-state index contributed by atoms with van der Waals surface area (Å²) in [6, 6.07) is 7.14. The average molecular weight is 505 g/mol. The molecule has 0 saturated heterocycles. The molecule has 0 unspecified atom stereocenters. The molecule has 4 N–H and O–H groups in total. The van der Waals surface area contributed by atoms with E-state index >= 15 is 0 Å². The lowest BCUT2D eigenvalue weighted by Crippen LogP contribution is -2.28. The fourth-order valence-electron chi connectivity index (χ4n) is 4.02. The molecule has 0 spiro atoms. The largest absolute Gasteiger partial charge is 0.365 e. The predicted octanol–water partition coefficient (Wildman–Crippen LogP) is 3.93. The first-order valence-electron chi connectivity index (χ1n) is 11.8. The molecule has 0 aliphatic heterocycles. The molecule has 3 aromatic heterocycles. The van der Waals surface area contributed by atoms with Gasteiger partial charge in [-0.15, -0.1) is 11.3 Å². The summed E-state index contributed by atoms with van der Waals surface area (Å²) in [5.74, 6) is -0.324. The Kier molecular flexibility index (Phi) is 7.44. The Morgan fingerprint density at radius 3 is 2.64 bits per heavy atom. The van der Waals surface area contributed by atoms with Gasteiger partial charge < -0.3 is 15.6 Å². The molecule has 186 valence electrons. The van der Waals surface area contributed by atoms with Gasteiger partial charge in [0.15, 0.2) is 0 Å². The lowest BCUT2D eigenvalue weighted by atomic mass is 9.99. The van der Waals surface area contributed by atoms with Crippen molar-refractivity contribution < 1.29 is 9.59 Å². The third-order valence-electron chi connectivity index (χ3n) is 5.86. The van der Waals surface area contributed by atoms with E-state index in [1.807, 2.05) is 48.9 Å². The first-order chi connectivity index (χ1) is 17.3. The molecule has 0 atom stereocenters. The lowest BCUT2D eigenvalue weighted by molar-refractivity contribution is 0.0998. The fourth-order valence-corrected chi connectivity index (χ4v) is 4.97. The highest BCUT2D eigenvalue weighted by molar-refractivity contribution is 7.13. The Balaban J connectivity index is 1.78. The zero-order valence-corrected chi connectivity index (χ0v) is 21.2. The molecular weight excluding hydrogens is 476 g/mol. The van der Waals surface area contributed by atoms with Gasteiger partial charge in [0, 0.05) is 41.8 Å². The third-order valence-corrected chi connectivity index (χ3v) is 6.78. The van der Waals surface area contributed by atoms with Crippen molar-refractivity contribution in [2.75, 3.05) is 11.9 Å². The number of fused-ring (bicyclic) bond motifs is 1. The molecule has 36 heavy (non-hydrogen) atoms. The van der Waals surface area contributed by atoms with Crippen LogP contribution in [0.1, 0.15) is 48.0 Å². The van der Waals surface area contributed by atoms with E-state index in [4.69, 9.17) is 10.7 Å². The standard InChI is InChI=1S/C26H28N6O3S/c1-4-17-14-36-25(30-17)18-11-22(31-26(35)28-5-2)29-12-16(18)9-15-7-8-21-19(10-15)23(33)20(24(27)34)13-32(21)6-3/h7-8,10-14H,4-6,9H2,1-3H3,(H2,27,34)(H2,28,29,31,35). The number of benzene rings is 1. The summed E-state index contributed by atoms with van der Waals surface area (Å²) in [7, 11) is 0. The number of nitrogens with two attached hydrogens (primary N) is 1. The summed E-state index contributed by atoms with van der Waals surface area (Å²) >= 11 is 1.53. The number of nitrogens with one attached hydrogen (secondary N) is 2. The molecule has 0 radical (unpaired) electrons. The Morgan fingerprint density at radius 2 is 1.97 bits per heavy atom. The first-order valence-corrected chi connectivity index (χ1v) is 12.7. The Hall–Kier alpha value is -4.05. The second kappa shape index (κ2) is 10.7. The molecular formula is C26H28N6O3S. The van der Waals surface area contributed by atoms with Gasteiger partial charge in [-0.25, -0.2) is 14.8 Å². The minimum Gasteiger partial charge on any atom is -0.365 e. The van der Waals surface area contributed by atoms with E-state index in [2.05, 4.69) is 15.6 Å². The van der Waals surface area contributed by atoms with Gasteiger partial charge in [-0.05, 0) is 56.0 Å². The van der Waals surface area contributed by atoms with Crippen molar-refractivity contribution in [2.45, 2.75) is 40.2 Å². The smallest absolute Gasteiger partial charge is 0.320 e. The molecule has 3 amide bonds. The van der Waals surface area contributed by atoms with E-state index in [9.17, 15) is 14.4 Å². The van der Waals surface area contributed by atoms with Gasteiger partial charge in [0.25, 0.3) is 5.91 Å². The van der Waals surface area contributed by atoms with Crippen LogP contribution in [0.3, 0.4) is 0 Å². The zero-order valence-electron chi connectivity index (χ0n) is 20.4. The molecule has 0 fully saturated rings. The topological polar surface area (TPSA) is 132 Å². The zero-order chi connectivity index (χ0) is 25.8. The SMILES string of the molecule is CCNC(=O)Nc1cc(-c2nc(CC)cs2)c(Cc2ccc3c(c2)c(=O)c(C(N)=O)cn3CC)cn1. The van der Waals surface area contributed by atoms with Crippen LogP contribution in [-0.4, -0.2) is 33.0 Å². The van der Waals surface area contributed by atoms with E-state index in [1.54, 1.807) is 12.3 Å². The van der Waals surface area contributed by atoms with Crippen LogP contribution in [0.15, 0.2) is 46.8 Å². The van der Waals surface area contributed by atoms with Gasteiger partial charge in [0.2, 0.25) is 5.43 Å². The van der Waals surface area contributed by atoms with Crippen LogP contribution in [0.25, 0.3) is 21.5 Å².